The van der Waals surface area contributed by atoms with Gasteiger partial charge in [0.1, 0.15) is 11.4 Å². The molecule has 0 saturated carbocycles. The number of ether oxygens (including phenoxy) is 1. The quantitative estimate of drug-likeness (QED) is 0.718. The zero-order valence-electron chi connectivity index (χ0n) is 10.9. The van der Waals surface area contributed by atoms with Gasteiger partial charge in [0.25, 0.3) is 5.91 Å². The first-order valence-corrected chi connectivity index (χ1v) is 6.19. The summed E-state index contributed by atoms with van der Waals surface area (Å²) >= 11 is 0. The van der Waals surface area contributed by atoms with Crippen LogP contribution in [0.4, 0.5) is 0 Å². The maximum Gasteiger partial charge on any atom is 0.260 e. The molecule has 1 aliphatic heterocycles. The van der Waals surface area contributed by atoms with Gasteiger partial charge >= 0.3 is 0 Å². The Morgan fingerprint density at radius 2 is 2.11 bits per heavy atom. The minimum Gasteiger partial charge on any atom is -0.482 e. The van der Waals surface area contributed by atoms with Gasteiger partial charge in [0.2, 0.25) is 0 Å². The predicted molar refractivity (Wildman–Crippen MR) is 69.2 cm³/mol. The van der Waals surface area contributed by atoms with E-state index in [0.29, 0.717) is 17.7 Å². The van der Waals surface area contributed by atoms with Crippen molar-refractivity contribution in [2.45, 2.75) is 0 Å². The molecule has 1 aromatic heterocycles. The Labute approximate surface area is 112 Å². The molecule has 2 heterocycles. The number of aldehydes is 1. The third kappa shape index (κ3) is 3.75. The van der Waals surface area contributed by atoms with Crippen LogP contribution in [-0.4, -0.2) is 66.8 Å². The first-order valence-electron chi connectivity index (χ1n) is 6.19. The monoisotopic (exact) mass is 263 g/mol. The van der Waals surface area contributed by atoms with Crippen molar-refractivity contribution in [1.82, 2.24) is 14.8 Å². The average molecular weight is 263 g/mol. The summed E-state index contributed by atoms with van der Waals surface area (Å²) in [7, 11) is 2.04. The van der Waals surface area contributed by atoms with Crippen molar-refractivity contribution >= 4 is 12.2 Å². The summed E-state index contributed by atoms with van der Waals surface area (Å²) in [6, 6.07) is 3.19. The smallest absolute Gasteiger partial charge is 0.260 e. The lowest BCUT2D eigenvalue weighted by Gasteiger charge is -2.32. The minimum absolute atomic E-state index is 0.00578. The molecular weight excluding hydrogens is 246 g/mol. The molecule has 0 bridgehead atoms. The molecule has 0 aliphatic carbocycles. The molecule has 1 aromatic rings. The summed E-state index contributed by atoms with van der Waals surface area (Å²) in [5.41, 5.74) is 0.345. The summed E-state index contributed by atoms with van der Waals surface area (Å²) in [6.45, 7) is 3.26. The summed E-state index contributed by atoms with van der Waals surface area (Å²) in [5.74, 6) is 0.473. The molecule has 1 aliphatic rings. The number of hydrogen-bond donors (Lipinski definition) is 0. The van der Waals surface area contributed by atoms with Crippen molar-refractivity contribution < 1.29 is 14.3 Å². The van der Waals surface area contributed by atoms with E-state index < -0.39 is 0 Å². The van der Waals surface area contributed by atoms with Crippen LogP contribution in [0, 0.1) is 0 Å². The zero-order chi connectivity index (χ0) is 13.7. The Bertz CT molecular complexity index is 439. The third-order valence-corrected chi connectivity index (χ3v) is 3.10. The summed E-state index contributed by atoms with van der Waals surface area (Å²) in [4.78, 5) is 30.2. The lowest BCUT2D eigenvalue weighted by Crippen LogP contribution is -2.48. The maximum absolute atomic E-state index is 11.9. The fourth-order valence-corrected chi connectivity index (χ4v) is 1.84. The number of likely N-dealkylation sites (N-methyl/N-ethyl adjacent to an activating group) is 1. The van der Waals surface area contributed by atoms with Gasteiger partial charge in [0.05, 0.1) is 6.20 Å². The molecule has 6 heteroatoms. The third-order valence-electron chi connectivity index (χ3n) is 3.10. The highest BCUT2D eigenvalue weighted by atomic mass is 16.5. The van der Waals surface area contributed by atoms with Crippen LogP contribution in [0.15, 0.2) is 18.3 Å². The summed E-state index contributed by atoms with van der Waals surface area (Å²) < 4.78 is 5.36. The van der Waals surface area contributed by atoms with Gasteiger partial charge in [-0.3, -0.25) is 9.59 Å². The number of carbonyl (C=O) groups is 2. The summed E-state index contributed by atoms with van der Waals surface area (Å²) in [5, 5.41) is 0. The molecule has 1 saturated heterocycles. The topological polar surface area (TPSA) is 62.7 Å². The van der Waals surface area contributed by atoms with E-state index in [1.54, 1.807) is 17.0 Å². The van der Waals surface area contributed by atoms with Crippen molar-refractivity contribution in [3.05, 3.63) is 24.0 Å². The molecule has 0 aromatic carbocycles. The molecule has 1 amide bonds. The van der Waals surface area contributed by atoms with E-state index in [1.165, 1.54) is 6.20 Å². The lowest BCUT2D eigenvalue weighted by molar-refractivity contribution is -0.134. The number of carbonyl (C=O) groups excluding carboxylic acids is 2. The van der Waals surface area contributed by atoms with E-state index in [-0.39, 0.29) is 12.5 Å². The highest BCUT2D eigenvalue weighted by molar-refractivity contribution is 5.78. The van der Waals surface area contributed by atoms with Crippen LogP contribution in [0.5, 0.6) is 5.75 Å². The Balaban J connectivity index is 1.80. The Morgan fingerprint density at radius 3 is 2.68 bits per heavy atom. The van der Waals surface area contributed by atoms with Crippen LogP contribution in [-0.2, 0) is 4.79 Å². The number of amides is 1. The van der Waals surface area contributed by atoms with Gasteiger partial charge in [0, 0.05) is 26.2 Å². The van der Waals surface area contributed by atoms with E-state index in [2.05, 4.69) is 9.88 Å². The van der Waals surface area contributed by atoms with Crippen LogP contribution in [0.3, 0.4) is 0 Å². The first kappa shape index (κ1) is 13.5. The maximum atomic E-state index is 11.9. The average Bonchev–Trinajstić information content (AvgIpc) is 2.46. The van der Waals surface area contributed by atoms with E-state index >= 15 is 0 Å². The van der Waals surface area contributed by atoms with E-state index in [9.17, 15) is 9.59 Å². The fraction of sp³-hybridized carbons (Fsp3) is 0.462. The zero-order valence-corrected chi connectivity index (χ0v) is 10.9. The second-order valence-corrected chi connectivity index (χ2v) is 4.51. The van der Waals surface area contributed by atoms with Crippen LogP contribution < -0.4 is 4.74 Å². The molecular formula is C13H17N3O3. The van der Waals surface area contributed by atoms with E-state index in [0.717, 1.165) is 26.2 Å². The van der Waals surface area contributed by atoms with Gasteiger partial charge in [-0.1, -0.05) is 0 Å². The molecule has 0 radical (unpaired) electrons. The van der Waals surface area contributed by atoms with Gasteiger partial charge in [-0.15, -0.1) is 0 Å². The molecule has 6 nitrogen and oxygen atoms in total. The SMILES string of the molecule is CN1CCN(C(=O)COc2ccc(C=O)nc2)CC1. The Hall–Kier alpha value is -1.95. The molecule has 0 unspecified atom stereocenters. The van der Waals surface area contributed by atoms with E-state index in [4.69, 9.17) is 4.74 Å². The molecule has 2 rings (SSSR count). The first-order chi connectivity index (χ1) is 9.19. The standard InChI is InChI=1S/C13H17N3O3/c1-15-4-6-16(7-5-15)13(18)10-19-12-3-2-11(9-17)14-8-12/h2-3,8-9H,4-7,10H2,1H3. The summed E-state index contributed by atoms with van der Waals surface area (Å²) in [6.07, 6.45) is 2.11. The number of rotatable bonds is 4. The number of piperazine rings is 1. The number of nitrogens with zero attached hydrogens (tertiary/aromatic N) is 3. The second-order valence-electron chi connectivity index (χ2n) is 4.51. The normalized spacial score (nSPS) is 16.2. The minimum atomic E-state index is -0.0208. The molecule has 0 N–H and O–H groups in total. The van der Waals surface area contributed by atoms with Gasteiger partial charge in [-0.05, 0) is 19.2 Å². The van der Waals surface area contributed by atoms with Crippen LogP contribution in [0.25, 0.3) is 0 Å². The van der Waals surface area contributed by atoms with Crippen molar-refractivity contribution in [3.8, 4) is 5.75 Å². The molecule has 19 heavy (non-hydrogen) atoms. The molecule has 0 atom stereocenters. The molecule has 0 spiro atoms. The lowest BCUT2D eigenvalue weighted by atomic mass is 10.3. The Kier molecular flexibility index (Phi) is 4.46. The van der Waals surface area contributed by atoms with Crippen molar-refractivity contribution in [2.24, 2.45) is 0 Å². The largest absolute Gasteiger partial charge is 0.482 e. The van der Waals surface area contributed by atoms with Crippen LogP contribution in [0.2, 0.25) is 0 Å². The van der Waals surface area contributed by atoms with Crippen LogP contribution >= 0.6 is 0 Å². The second kappa shape index (κ2) is 6.29. The fourth-order valence-electron chi connectivity index (χ4n) is 1.84. The molecule has 1 fully saturated rings. The Morgan fingerprint density at radius 1 is 1.37 bits per heavy atom. The van der Waals surface area contributed by atoms with Gasteiger partial charge < -0.3 is 14.5 Å². The molecule has 102 valence electrons. The van der Waals surface area contributed by atoms with Crippen molar-refractivity contribution in [1.29, 1.82) is 0 Å². The van der Waals surface area contributed by atoms with Gasteiger partial charge in [-0.2, -0.15) is 0 Å². The van der Waals surface area contributed by atoms with Crippen molar-refractivity contribution in [3.63, 3.8) is 0 Å². The van der Waals surface area contributed by atoms with Crippen LogP contribution in [0.1, 0.15) is 10.5 Å². The number of hydrogen-bond acceptors (Lipinski definition) is 5. The van der Waals surface area contributed by atoms with E-state index in [1.807, 2.05) is 7.05 Å². The van der Waals surface area contributed by atoms with Gasteiger partial charge in [0.15, 0.2) is 12.9 Å². The van der Waals surface area contributed by atoms with Gasteiger partial charge in [-0.25, -0.2) is 4.98 Å². The highest BCUT2D eigenvalue weighted by Gasteiger charge is 2.19. The highest BCUT2D eigenvalue weighted by Crippen LogP contribution is 2.09. The van der Waals surface area contributed by atoms with Crippen molar-refractivity contribution in [2.75, 3.05) is 39.8 Å². The predicted octanol–water partition coefficient (Wildman–Crippen LogP) is 0.0469. The number of aromatic nitrogens is 1. The number of pyridine rings is 1.